The number of carbonyl (C=O) groups is 1. The molecular formula is C19H26N4O5S. The fourth-order valence-electron chi connectivity index (χ4n) is 3.03. The molecule has 1 aromatic heterocycles. The molecule has 9 nitrogen and oxygen atoms in total. The Hall–Kier alpha value is -2.46. The molecule has 158 valence electrons. The SMILES string of the molecule is CC(C)c1nc(CCN(C2CN(C(=O)COc3ccccc3)C2)S(C)(=O)=O)no1. The van der Waals surface area contributed by atoms with E-state index in [1.165, 1.54) is 10.6 Å². The van der Waals surface area contributed by atoms with Crippen LogP contribution in [-0.2, 0) is 21.2 Å². The van der Waals surface area contributed by atoms with E-state index in [2.05, 4.69) is 10.1 Å². The van der Waals surface area contributed by atoms with Crippen LogP contribution in [0.5, 0.6) is 5.75 Å². The van der Waals surface area contributed by atoms with E-state index in [0.717, 1.165) is 0 Å². The number of likely N-dealkylation sites (tertiary alicyclic amines) is 1. The number of ether oxygens (including phenoxy) is 1. The van der Waals surface area contributed by atoms with Gasteiger partial charge < -0.3 is 14.2 Å². The van der Waals surface area contributed by atoms with E-state index in [-0.39, 0.29) is 31.0 Å². The molecule has 0 bridgehead atoms. The van der Waals surface area contributed by atoms with Crippen molar-refractivity contribution in [2.75, 3.05) is 32.5 Å². The smallest absolute Gasteiger partial charge is 0.260 e. The summed E-state index contributed by atoms with van der Waals surface area (Å²) in [5.41, 5.74) is 0. The van der Waals surface area contributed by atoms with Gasteiger partial charge in [-0.05, 0) is 12.1 Å². The van der Waals surface area contributed by atoms with Gasteiger partial charge in [-0.1, -0.05) is 37.2 Å². The summed E-state index contributed by atoms with van der Waals surface area (Å²) in [6.07, 6.45) is 1.52. The second kappa shape index (κ2) is 8.91. The lowest BCUT2D eigenvalue weighted by atomic mass is 10.1. The van der Waals surface area contributed by atoms with Gasteiger partial charge in [-0.15, -0.1) is 0 Å². The molecule has 1 aliphatic rings. The minimum atomic E-state index is -3.43. The minimum absolute atomic E-state index is 0.0730. The predicted molar refractivity (Wildman–Crippen MR) is 106 cm³/mol. The van der Waals surface area contributed by atoms with Gasteiger partial charge in [-0.25, -0.2) is 8.42 Å². The van der Waals surface area contributed by atoms with E-state index in [9.17, 15) is 13.2 Å². The van der Waals surface area contributed by atoms with Crippen LogP contribution in [0.15, 0.2) is 34.9 Å². The maximum Gasteiger partial charge on any atom is 0.260 e. The van der Waals surface area contributed by atoms with E-state index < -0.39 is 10.0 Å². The van der Waals surface area contributed by atoms with Gasteiger partial charge in [0.05, 0.1) is 12.3 Å². The molecule has 2 aromatic rings. The summed E-state index contributed by atoms with van der Waals surface area (Å²) >= 11 is 0. The normalized spacial score (nSPS) is 15.0. The topological polar surface area (TPSA) is 106 Å². The van der Waals surface area contributed by atoms with E-state index in [1.807, 2.05) is 32.0 Å². The van der Waals surface area contributed by atoms with Crippen molar-refractivity contribution < 1.29 is 22.5 Å². The molecule has 1 amide bonds. The Morgan fingerprint density at radius 2 is 2.00 bits per heavy atom. The molecule has 2 heterocycles. The fraction of sp³-hybridized carbons (Fsp3) is 0.526. The van der Waals surface area contributed by atoms with E-state index >= 15 is 0 Å². The quantitative estimate of drug-likeness (QED) is 0.599. The van der Waals surface area contributed by atoms with Crippen LogP contribution in [-0.4, -0.2) is 72.2 Å². The Morgan fingerprint density at radius 1 is 1.31 bits per heavy atom. The molecule has 0 saturated carbocycles. The number of amides is 1. The van der Waals surface area contributed by atoms with Crippen molar-refractivity contribution in [2.45, 2.75) is 32.2 Å². The number of rotatable bonds is 9. The lowest BCUT2D eigenvalue weighted by Crippen LogP contribution is -2.63. The highest BCUT2D eigenvalue weighted by atomic mass is 32.2. The van der Waals surface area contributed by atoms with E-state index in [0.29, 0.717) is 37.0 Å². The summed E-state index contributed by atoms with van der Waals surface area (Å²) in [6, 6.07) is 8.82. The first-order valence-corrected chi connectivity index (χ1v) is 11.3. The Morgan fingerprint density at radius 3 is 2.59 bits per heavy atom. The number of aromatic nitrogens is 2. The predicted octanol–water partition coefficient (Wildman–Crippen LogP) is 1.29. The lowest BCUT2D eigenvalue weighted by Gasteiger charge is -2.44. The van der Waals surface area contributed by atoms with Crippen molar-refractivity contribution >= 4 is 15.9 Å². The summed E-state index contributed by atoms with van der Waals surface area (Å²) in [6.45, 7) is 4.74. The summed E-state index contributed by atoms with van der Waals surface area (Å²) in [5, 5.41) is 3.90. The zero-order chi connectivity index (χ0) is 21.0. The molecule has 1 fully saturated rings. The van der Waals surface area contributed by atoms with Crippen molar-refractivity contribution in [3.8, 4) is 5.75 Å². The fourth-order valence-corrected chi connectivity index (χ4v) is 4.12. The molecular weight excluding hydrogens is 396 g/mol. The zero-order valence-corrected chi connectivity index (χ0v) is 17.6. The van der Waals surface area contributed by atoms with E-state index in [1.54, 1.807) is 17.0 Å². The molecule has 0 aliphatic carbocycles. The van der Waals surface area contributed by atoms with Crippen LogP contribution in [0, 0.1) is 0 Å². The highest BCUT2D eigenvalue weighted by Gasteiger charge is 2.38. The monoisotopic (exact) mass is 422 g/mol. The van der Waals surface area contributed by atoms with Crippen LogP contribution in [0.3, 0.4) is 0 Å². The first-order valence-electron chi connectivity index (χ1n) is 9.49. The Balaban J connectivity index is 1.51. The Bertz CT molecular complexity index is 923. The molecule has 3 rings (SSSR count). The molecule has 0 atom stereocenters. The zero-order valence-electron chi connectivity index (χ0n) is 16.8. The molecule has 0 radical (unpaired) electrons. The third-order valence-corrected chi connectivity index (χ3v) is 6.02. The molecule has 29 heavy (non-hydrogen) atoms. The van der Waals surface area contributed by atoms with Crippen LogP contribution in [0.25, 0.3) is 0 Å². The lowest BCUT2D eigenvalue weighted by molar-refractivity contribution is -0.139. The van der Waals surface area contributed by atoms with Gasteiger partial charge in [-0.2, -0.15) is 9.29 Å². The van der Waals surface area contributed by atoms with Crippen molar-refractivity contribution in [3.05, 3.63) is 42.0 Å². The Kier molecular flexibility index (Phi) is 6.53. The molecule has 1 saturated heterocycles. The number of nitrogens with zero attached hydrogens (tertiary/aromatic N) is 4. The Labute approximate surface area is 170 Å². The molecule has 1 aromatic carbocycles. The maximum atomic E-state index is 12.3. The van der Waals surface area contributed by atoms with Gasteiger partial charge in [0.1, 0.15) is 5.75 Å². The second-order valence-electron chi connectivity index (χ2n) is 7.38. The maximum absolute atomic E-state index is 12.3. The number of benzene rings is 1. The van der Waals surface area contributed by atoms with Gasteiger partial charge >= 0.3 is 0 Å². The largest absolute Gasteiger partial charge is 0.484 e. The summed E-state index contributed by atoms with van der Waals surface area (Å²) < 4.78 is 36.5. The highest BCUT2D eigenvalue weighted by Crippen LogP contribution is 2.19. The van der Waals surface area contributed by atoms with Crippen molar-refractivity contribution in [2.24, 2.45) is 0 Å². The molecule has 0 N–H and O–H groups in total. The first-order chi connectivity index (χ1) is 13.7. The van der Waals surface area contributed by atoms with Crippen LogP contribution in [0.4, 0.5) is 0 Å². The molecule has 0 spiro atoms. The van der Waals surface area contributed by atoms with Gasteiger partial charge in [-0.3, -0.25) is 4.79 Å². The standard InChI is InChI=1S/C19H26N4O5S/c1-14(2)19-20-17(21-28-19)9-10-23(29(3,25)26)15-11-22(12-15)18(24)13-27-16-7-5-4-6-8-16/h4-8,14-15H,9-13H2,1-3H3. The number of hydrogen-bond donors (Lipinski definition) is 0. The summed E-state index contributed by atoms with van der Waals surface area (Å²) in [4.78, 5) is 18.1. The number of carbonyl (C=O) groups excluding carboxylic acids is 1. The first kappa shape index (κ1) is 21.3. The number of para-hydroxylation sites is 1. The van der Waals surface area contributed by atoms with Crippen molar-refractivity contribution in [1.29, 1.82) is 0 Å². The van der Waals surface area contributed by atoms with Crippen molar-refractivity contribution in [3.63, 3.8) is 0 Å². The highest BCUT2D eigenvalue weighted by molar-refractivity contribution is 7.88. The van der Waals surface area contributed by atoms with Crippen LogP contribution in [0.2, 0.25) is 0 Å². The second-order valence-corrected chi connectivity index (χ2v) is 9.32. The van der Waals surface area contributed by atoms with Gasteiger partial charge in [0.15, 0.2) is 12.4 Å². The average molecular weight is 423 g/mol. The molecule has 10 heteroatoms. The number of sulfonamides is 1. The molecule has 0 unspecified atom stereocenters. The molecule has 1 aliphatic heterocycles. The summed E-state index contributed by atoms with van der Waals surface area (Å²) in [5.74, 6) is 1.58. The summed E-state index contributed by atoms with van der Waals surface area (Å²) in [7, 11) is -3.43. The third kappa shape index (κ3) is 5.54. The van der Waals surface area contributed by atoms with E-state index in [4.69, 9.17) is 9.26 Å². The minimum Gasteiger partial charge on any atom is -0.484 e. The van der Waals surface area contributed by atoms with Crippen LogP contribution >= 0.6 is 0 Å². The van der Waals surface area contributed by atoms with Crippen molar-refractivity contribution in [1.82, 2.24) is 19.3 Å². The van der Waals surface area contributed by atoms with Crippen LogP contribution in [0.1, 0.15) is 31.5 Å². The number of hydrogen-bond acceptors (Lipinski definition) is 7. The average Bonchev–Trinajstić information content (AvgIpc) is 3.10. The van der Waals surface area contributed by atoms with Gasteiger partial charge in [0.2, 0.25) is 15.9 Å². The third-order valence-electron chi connectivity index (χ3n) is 4.69. The van der Waals surface area contributed by atoms with Crippen LogP contribution < -0.4 is 4.74 Å². The van der Waals surface area contributed by atoms with Gasteiger partial charge in [0, 0.05) is 32.0 Å². The van der Waals surface area contributed by atoms with Gasteiger partial charge in [0.25, 0.3) is 5.91 Å².